The van der Waals surface area contributed by atoms with E-state index in [1.165, 1.54) is 0 Å². The zero-order valence-corrected chi connectivity index (χ0v) is 13.4. The SMILES string of the molecule is COc1ccccc1CNC(=O)CN1[C@@H](CO)CCC[C@H]1C. The molecule has 5 heteroatoms. The number of piperidine rings is 1. The van der Waals surface area contributed by atoms with Crippen LogP contribution in [0.3, 0.4) is 0 Å². The lowest BCUT2D eigenvalue weighted by molar-refractivity contribution is -0.124. The predicted octanol–water partition coefficient (Wildman–Crippen LogP) is 1.55. The third kappa shape index (κ3) is 4.21. The Morgan fingerprint density at radius 2 is 2.18 bits per heavy atom. The van der Waals surface area contributed by atoms with Gasteiger partial charge in [-0.25, -0.2) is 0 Å². The molecule has 0 aromatic heterocycles. The van der Waals surface area contributed by atoms with Crippen LogP contribution in [0.1, 0.15) is 31.7 Å². The minimum atomic E-state index is -0.0156. The second kappa shape index (κ2) is 8.15. The number of likely N-dealkylation sites (tertiary alicyclic amines) is 1. The Bertz CT molecular complexity index is 493. The predicted molar refractivity (Wildman–Crippen MR) is 85.7 cm³/mol. The molecule has 2 atom stereocenters. The number of carbonyl (C=O) groups excluding carboxylic acids is 1. The maximum Gasteiger partial charge on any atom is 0.234 e. The lowest BCUT2D eigenvalue weighted by atomic mass is 9.97. The van der Waals surface area contributed by atoms with Gasteiger partial charge in [0.25, 0.3) is 0 Å². The standard InChI is InChI=1S/C17H26N2O3/c1-13-6-5-8-15(12-20)19(13)11-17(21)18-10-14-7-3-4-9-16(14)22-2/h3-4,7,9,13,15,20H,5-6,8,10-12H2,1-2H3,(H,18,21)/t13-,15-/m1/s1. The third-order valence-corrected chi connectivity index (χ3v) is 4.40. The van der Waals surface area contributed by atoms with Crippen LogP contribution in [0.2, 0.25) is 0 Å². The molecule has 0 saturated carbocycles. The van der Waals surface area contributed by atoms with Crippen LogP contribution in [0, 0.1) is 0 Å². The van der Waals surface area contributed by atoms with Crippen molar-refractivity contribution >= 4 is 5.91 Å². The van der Waals surface area contributed by atoms with Crippen molar-refractivity contribution in [1.82, 2.24) is 10.2 Å². The van der Waals surface area contributed by atoms with E-state index in [1.807, 2.05) is 24.3 Å². The number of hydrogen-bond acceptors (Lipinski definition) is 4. The molecule has 122 valence electrons. The molecule has 1 aliphatic rings. The van der Waals surface area contributed by atoms with Gasteiger partial charge < -0.3 is 15.2 Å². The van der Waals surface area contributed by atoms with Crippen molar-refractivity contribution in [2.45, 2.75) is 44.8 Å². The highest BCUT2D eigenvalue weighted by molar-refractivity contribution is 5.78. The molecule has 1 aromatic rings. The van der Waals surface area contributed by atoms with Crippen molar-refractivity contribution in [2.75, 3.05) is 20.3 Å². The fourth-order valence-corrected chi connectivity index (χ4v) is 3.09. The number of methoxy groups -OCH3 is 1. The molecule has 1 aromatic carbocycles. The number of aliphatic hydroxyl groups excluding tert-OH is 1. The molecule has 0 radical (unpaired) electrons. The molecule has 0 unspecified atom stereocenters. The number of aliphatic hydroxyl groups is 1. The van der Waals surface area contributed by atoms with Crippen molar-refractivity contribution in [3.8, 4) is 5.75 Å². The number of nitrogens with one attached hydrogen (secondary N) is 1. The van der Waals surface area contributed by atoms with Gasteiger partial charge in [-0.1, -0.05) is 24.6 Å². The van der Waals surface area contributed by atoms with Gasteiger partial charge >= 0.3 is 0 Å². The van der Waals surface area contributed by atoms with Crippen LogP contribution >= 0.6 is 0 Å². The molecule has 1 saturated heterocycles. The summed E-state index contributed by atoms with van der Waals surface area (Å²) >= 11 is 0. The second-order valence-corrected chi connectivity index (χ2v) is 5.88. The molecule has 2 rings (SSSR count). The normalized spacial score (nSPS) is 22.3. The summed E-state index contributed by atoms with van der Waals surface area (Å²) in [6.45, 7) is 3.02. The number of para-hydroxylation sites is 1. The van der Waals surface area contributed by atoms with Gasteiger partial charge in [0.1, 0.15) is 5.75 Å². The van der Waals surface area contributed by atoms with Gasteiger partial charge in [-0.3, -0.25) is 9.69 Å². The molecule has 0 bridgehead atoms. The quantitative estimate of drug-likeness (QED) is 0.837. The molecule has 1 fully saturated rings. The van der Waals surface area contributed by atoms with E-state index in [4.69, 9.17) is 4.74 Å². The number of ether oxygens (including phenoxy) is 1. The van der Waals surface area contributed by atoms with Crippen LogP contribution in [0.25, 0.3) is 0 Å². The third-order valence-electron chi connectivity index (χ3n) is 4.40. The zero-order valence-electron chi connectivity index (χ0n) is 13.4. The van der Waals surface area contributed by atoms with Crippen molar-refractivity contribution in [1.29, 1.82) is 0 Å². The summed E-state index contributed by atoms with van der Waals surface area (Å²) in [5, 5.41) is 12.4. The molecule has 1 heterocycles. The van der Waals surface area contributed by atoms with Gasteiger partial charge in [0.2, 0.25) is 5.91 Å². The van der Waals surface area contributed by atoms with Crippen LogP contribution in [0.15, 0.2) is 24.3 Å². The smallest absolute Gasteiger partial charge is 0.234 e. The monoisotopic (exact) mass is 306 g/mol. The first-order valence-electron chi connectivity index (χ1n) is 7.91. The largest absolute Gasteiger partial charge is 0.496 e. The van der Waals surface area contributed by atoms with E-state index < -0.39 is 0 Å². The van der Waals surface area contributed by atoms with Crippen molar-refractivity contribution < 1.29 is 14.6 Å². The number of rotatable bonds is 6. The fourth-order valence-electron chi connectivity index (χ4n) is 3.09. The number of hydrogen-bond donors (Lipinski definition) is 2. The Kier molecular flexibility index (Phi) is 6.21. The first kappa shape index (κ1) is 16.8. The highest BCUT2D eigenvalue weighted by atomic mass is 16.5. The van der Waals surface area contributed by atoms with Crippen molar-refractivity contribution in [2.24, 2.45) is 0 Å². The molecule has 1 amide bonds. The lowest BCUT2D eigenvalue weighted by Crippen LogP contribution is -2.51. The maximum atomic E-state index is 12.2. The lowest BCUT2D eigenvalue weighted by Gasteiger charge is -2.39. The minimum absolute atomic E-state index is 0.0156. The summed E-state index contributed by atoms with van der Waals surface area (Å²) in [7, 11) is 1.63. The average Bonchev–Trinajstić information content (AvgIpc) is 2.55. The Balaban J connectivity index is 1.89. The van der Waals surface area contributed by atoms with Crippen LogP contribution in [0.5, 0.6) is 5.75 Å². The van der Waals surface area contributed by atoms with Gasteiger partial charge in [-0.05, 0) is 25.8 Å². The number of benzene rings is 1. The van der Waals surface area contributed by atoms with E-state index >= 15 is 0 Å². The van der Waals surface area contributed by atoms with Gasteiger partial charge in [0, 0.05) is 24.2 Å². The van der Waals surface area contributed by atoms with Crippen molar-refractivity contribution in [3.63, 3.8) is 0 Å². The number of carbonyl (C=O) groups is 1. The molecule has 5 nitrogen and oxygen atoms in total. The molecule has 0 aliphatic carbocycles. The maximum absolute atomic E-state index is 12.2. The summed E-state index contributed by atoms with van der Waals surface area (Å²) in [5.41, 5.74) is 0.962. The van der Waals surface area contributed by atoms with Crippen LogP contribution in [-0.2, 0) is 11.3 Å². The van der Waals surface area contributed by atoms with Gasteiger partial charge in [-0.15, -0.1) is 0 Å². The topological polar surface area (TPSA) is 61.8 Å². The Morgan fingerprint density at radius 1 is 1.41 bits per heavy atom. The molecule has 2 N–H and O–H groups in total. The zero-order chi connectivity index (χ0) is 15.9. The number of amides is 1. The molecular formula is C17H26N2O3. The molecule has 0 spiro atoms. The number of nitrogens with zero attached hydrogens (tertiary/aromatic N) is 1. The summed E-state index contributed by atoms with van der Waals surface area (Å²) in [6.07, 6.45) is 3.16. The summed E-state index contributed by atoms with van der Waals surface area (Å²) in [6, 6.07) is 8.10. The molecular weight excluding hydrogens is 280 g/mol. The van der Waals surface area contributed by atoms with E-state index in [0.717, 1.165) is 30.6 Å². The minimum Gasteiger partial charge on any atom is -0.496 e. The summed E-state index contributed by atoms with van der Waals surface area (Å²) < 4.78 is 5.28. The summed E-state index contributed by atoms with van der Waals surface area (Å²) in [5.74, 6) is 0.764. The van der Waals surface area contributed by atoms with E-state index in [2.05, 4.69) is 17.1 Å². The Morgan fingerprint density at radius 3 is 2.91 bits per heavy atom. The van der Waals surface area contributed by atoms with E-state index in [1.54, 1.807) is 7.11 Å². The Hall–Kier alpha value is -1.59. The van der Waals surface area contributed by atoms with Crippen LogP contribution in [0.4, 0.5) is 0 Å². The highest BCUT2D eigenvalue weighted by Crippen LogP contribution is 2.22. The first-order chi connectivity index (χ1) is 10.7. The van der Waals surface area contributed by atoms with E-state index in [0.29, 0.717) is 19.1 Å². The van der Waals surface area contributed by atoms with Crippen LogP contribution in [-0.4, -0.2) is 48.3 Å². The molecule has 1 aliphatic heterocycles. The van der Waals surface area contributed by atoms with Gasteiger partial charge in [0.05, 0.1) is 20.3 Å². The van der Waals surface area contributed by atoms with E-state index in [-0.39, 0.29) is 18.6 Å². The highest BCUT2D eigenvalue weighted by Gasteiger charge is 2.28. The molecule has 22 heavy (non-hydrogen) atoms. The average molecular weight is 306 g/mol. The van der Waals surface area contributed by atoms with Crippen LogP contribution < -0.4 is 10.1 Å². The van der Waals surface area contributed by atoms with E-state index in [9.17, 15) is 9.90 Å². The van der Waals surface area contributed by atoms with Gasteiger partial charge in [0.15, 0.2) is 0 Å². The summed E-state index contributed by atoms with van der Waals surface area (Å²) in [4.78, 5) is 14.3. The second-order valence-electron chi connectivity index (χ2n) is 5.88. The van der Waals surface area contributed by atoms with Crippen molar-refractivity contribution in [3.05, 3.63) is 29.8 Å². The first-order valence-corrected chi connectivity index (χ1v) is 7.91. The fraction of sp³-hybridized carbons (Fsp3) is 0.588. The van der Waals surface area contributed by atoms with Gasteiger partial charge in [-0.2, -0.15) is 0 Å². The Labute approximate surface area is 132 Å².